The van der Waals surface area contributed by atoms with E-state index in [1.807, 2.05) is 0 Å². The highest BCUT2D eigenvalue weighted by Gasteiger charge is 2.05. The Labute approximate surface area is 288 Å². The smallest absolute Gasteiger partial charge is 0.00187 e. The van der Waals surface area contributed by atoms with Crippen molar-refractivity contribution in [1.29, 1.82) is 0 Å². The summed E-state index contributed by atoms with van der Waals surface area (Å²) in [6.45, 7) is 13.5. The lowest BCUT2D eigenvalue weighted by molar-refractivity contribution is 0.254. The van der Waals surface area contributed by atoms with E-state index in [1.165, 1.54) is 251 Å². The predicted molar refractivity (Wildman–Crippen MR) is 209 cm³/mol. The topological polar surface area (TPSA) is 3.24 Å². The zero-order valence-corrected chi connectivity index (χ0v) is 32.6. The maximum atomic E-state index is 2.87. The molecule has 0 saturated carbocycles. The molecule has 0 N–H and O–H groups in total. The minimum absolute atomic E-state index is 0.890. The molecule has 272 valence electrons. The van der Waals surface area contributed by atoms with Crippen LogP contribution in [0.3, 0.4) is 0 Å². The summed E-state index contributed by atoms with van der Waals surface area (Å²) >= 11 is 0. The van der Waals surface area contributed by atoms with Crippen LogP contribution in [0.2, 0.25) is 0 Å². The molecule has 0 aromatic rings. The molecule has 0 bridgehead atoms. The summed E-state index contributed by atoms with van der Waals surface area (Å²) in [7, 11) is 0. The molecule has 0 aliphatic rings. The van der Waals surface area contributed by atoms with E-state index in [1.54, 1.807) is 0 Å². The molecule has 0 heterocycles. The molecule has 0 unspecified atom stereocenters. The third-order valence-electron chi connectivity index (χ3n) is 10.4. The highest BCUT2D eigenvalue weighted by molar-refractivity contribution is 4.61. The minimum atomic E-state index is 0.890. The molecule has 1 heteroatoms. The fourth-order valence-electron chi connectivity index (χ4n) is 7.17. The van der Waals surface area contributed by atoms with Crippen molar-refractivity contribution in [2.24, 2.45) is 5.92 Å². The largest absolute Gasteiger partial charge is 0.303 e. The Kier molecular flexibility index (Phi) is 40.1. The fourth-order valence-corrected chi connectivity index (χ4v) is 7.17. The fraction of sp³-hybridized carbons (Fsp3) is 1.00. The van der Waals surface area contributed by atoms with Crippen LogP contribution >= 0.6 is 0 Å². The lowest BCUT2D eigenvalue weighted by Crippen LogP contribution is -2.27. The standard InChI is InChI=1S/C44H91N/c1-5-7-9-11-13-15-17-21-25-29-33-37-41-45(42-38-34-30-26-22-18-16-14-12-10-8-6-2)43-39-35-31-27-23-19-20-24-28-32-36-40-44(3)4/h44H,5-43H2,1-4H3. The van der Waals surface area contributed by atoms with E-state index in [9.17, 15) is 0 Å². The van der Waals surface area contributed by atoms with Crippen molar-refractivity contribution in [2.45, 2.75) is 259 Å². The van der Waals surface area contributed by atoms with Gasteiger partial charge in [0.2, 0.25) is 0 Å². The third-order valence-corrected chi connectivity index (χ3v) is 10.4. The van der Waals surface area contributed by atoms with Gasteiger partial charge in [0.1, 0.15) is 0 Å². The molecule has 0 aliphatic heterocycles. The van der Waals surface area contributed by atoms with Crippen molar-refractivity contribution < 1.29 is 0 Å². The van der Waals surface area contributed by atoms with E-state index in [0.717, 1.165) is 5.92 Å². The van der Waals surface area contributed by atoms with Gasteiger partial charge < -0.3 is 4.90 Å². The SMILES string of the molecule is CCCCCCCCCCCCCCN(CCCCCCCCCCCCCC)CCCCCCCCCCCCCC(C)C. The Bertz CT molecular complexity index is 471. The molecule has 0 fully saturated rings. The van der Waals surface area contributed by atoms with Crippen molar-refractivity contribution >= 4 is 0 Å². The molecule has 0 atom stereocenters. The zero-order valence-electron chi connectivity index (χ0n) is 32.6. The quantitative estimate of drug-likeness (QED) is 0.0607. The van der Waals surface area contributed by atoms with E-state index >= 15 is 0 Å². The number of rotatable bonds is 40. The molecular formula is C44H91N. The molecule has 0 aromatic carbocycles. The lowest BCUT2D eigenvalue weighted by Gasteiger charge is -2.22. The van der Waals surface area contributed by atoms with Crippen LogP contribution in [-0.2, 0) is 0 Å². The van der Waals surface area contributed by atoms with Gasteiger partial charge in [-0.05, 0) is 44.8 Å². The van der Waals surface area contributed by atoms with E-state index in [0.29, 0.717) is 0 Å². The Balaban J connectivity index is 3.91. The maximum Gasteiger partial charge on any atom is -0.00187 e. The molecule has 0 radical (unpaired) electrons. The molecule has 0 aromatic heterocycles. The second-order valence-electron chi connectivity index (χ2n) is 15.7. The summed E-state index contributed by atoms with van der Waals surface area (Å²) in [5.41, 5.74) is 0. The number of hydrogen-bond donors (Lipinski definition) is 0. The van der Waals surface area contributed by atoms with Gasteiger partial charge in [-0.2, -0.15) is 0 Å². The summed E-state index contributed by atoms with van der Waals surface area (Å²) in [6.07, 6.45) is 52.6. The van der Waals surface area contributed by atoms with Crippen LogP contribution in [0.1, 0.15) is 259 Å². The molecule has 45 heavy (non-hydrogen) atoms. The number of unbranched alkanes of at least 4 members (excludes halogenated alkanes) is 32. The van der Waals surface area contributed by atoms with E-state index < -0.39 is 0 Å². The van der Waals surface area contributed by atoms with Crippen molar-refractivity contribution in [2.75, 3.05) is 19.6 Å². The third kappa shape index (κ3) is 40.1. The van der Waals surface area contributed by atoms with Gasteiger partial charge in [-0.15, -0.1) is 0 Å². The second-order valence-corrected chi connectivity index (χ2v) is 15.7. The van der Waals surface area contributed by atoms with Crippen LogP contribution in [0, 0.1) is 5.92 Å². The summed E-state index contributed by atoms with van der Waals surface area (Å²) in [6, 6.07) is 0. The van der Waals surface area contributed by atoms with Crippen LogP contribution in [0.4, 0.5) is 0 Å². The van der Waals surface area contributed by atoms with Crippen molar-refractivity contribution in [3.05, 3.63) is 0 Å². The summed E-state index contributed by atoms with van der Waals surface area (Å²) in [5, 5.41) is 0. The summed E-state index contributed by atoms with van der Waals surface area (Å²) in [5.74, 6) is 0.890. The number of nitrogens with zero attached hydrogens (tertiary/aromatic N) is 1. The molecule has 0 spiro atoms. The van der Waals surface area contributed by atoms with Crippen LogP contribution in [0.25, 0.3) is 0 Å². The van der Waals surface area contributed by atoms with Crippen LogP contribution < -0.4 is 0 Å². The highest BCUT2D eigenvalue weighted by Crippen LogP contribution is 2.16. The molecule has 0 rings (SSSR count). The lowest BCUT2D eigenvalue weighted by atomic mass is 10.0. The first-order valence-corrected chi connectivity index (χ1v) is 21.9. The van der Waals surface area contributed by atoms with Gasteiger partial charge in [0.25, 0.3) is 0 Å². The summed E-state index contributed by atoms with van der Waals surface area (Å²) in [4.78, 5) is 2.87. The first-order chi connectivity index (χ1) is 22.2. The minimum Gasteiger partial charge on any atom is -0.303 e. The van der Waals surface area contributed by atoms with Crippen LogP contribution in [0.15, 0.2) is 0 Å². The van der Waals surface area contributed by atoms with Crippen molar-refractivity contribution in [1.82, 2.24) is 4.90 Å². The average molecular weight is 634 g/mol. The van der Waals surface area contributed by atoms with E-state index in [-0.39, 0.29) is 0 Å². The van der Waals surface area contributed by atoms with Gasteiger partial charge in [-0.1, -0.05) is 240 Å². The molecule has 0 aliphatic carbocycles. The van der Waals surface area contributed by atoms with Gasteiger partial charge in [0.15, 0.2) is 0 Å². The van der Waals surface area contributed by atoms with Gasteiger partial charge in [0, 0.05) is 0 Å². The normalized spacial score (nSPS) is 11.9. The Morgan fingerprint density at radius 2 is 0.467 bits per heavy atom. The Morgan fingerprint density at radius 1 is 0.267 bits per heavy atom. The molecule has 1 nitrogen and oxygen atoms in total. The van der Waals surface area contributed by atoms with Gasteiger partial charge in [-0.25, -0.2) is 0 Å². The van der Waals surface area contributed by atoms with Gasteiger partial charge in [0.05, 0.1) is 0 Å². The molecule has 0 saturated heterocycles. The monoisotopic (exact) mass is 634 g/mol. The predicted octanol–water partition coefficient (Wildman–Crippen LogP) is 16.0. The number of hydrogen-bond acceptors (Lipinski definition) is 1. The van der Waals surface area contributed by atoms with Crippen molar-refractivity contribution in [3.8, 4) is 0 Å². The highest BCUT2D eigenvalue weighted by atomic mass is 15.1. The first kappa shape index (κ1) is 45.0. The first-order valence-electron chi connectivity index (χ1n) is 21.9. The summed E-state index contributed by atoms with van der Waals surface area (Å²) < 4.78 is 0. The van der Waals surface area contributed by atoms with E-state index in [4.69, 9.17) is 0 Å². The maximum absolute atomic E-state index is 2.87. The second kappa shape index (κ2) is 40.1. The van der Waals surface area contributed by atoms with E-state index in [2.05, 4.69) is 32.6 Å². The van der Waals surface area contributed by atoms with Crippen molar-refractivity contribution in [3.63, 3.8) is 0 Å². The molecule has 0 amide bonds. The van der Waals surface area contributed by atoms with Gasteiger partial charge in [-0.3, -0.25) is 0 Å². The van der Waals surface area contributed by atoms with Gasteiger partial charge >= 0.3 is 0 Å². The average Bonchev–Trinajstić information content (AvgIpc) is 3.03. The van der Waals surface area contributed by atoms with Crippen LogP contribution in [0.5, 0.6) is 0 Å². The zero-order chi connectivity index (χ0) is 32.7. The van der Waals surface area contributed by atoms with Crippen LogP contribution in [-0.4, -0.2) is 24.5 Å². The Morgan fingerprint density at radius 3 is 0.689 bits per heavy atom. The Hall–Kier alpha value is -0.0400. The molecular weight excluding hydrogens is 542 g/mol.